The Kier molecular flexibility index (Phi) is 6.72. The number of esters is 2. The van der Waals surface area contributed by atoms with E-state index in [9.17, 15) is 9.59 Å². The highest BCUT2D eigenvalue weighted by atomic mass is 16.5. The normalized spacial score (nSPS) is 16.7. The van der Waals surface area contributed by atoms with Gasteiger partial charge < -0.3 is 14.8 Å². The minimum Gasteiger partial charge on any atom is -0.461 e. The maximum absolute atomic E-state index is 12.8. The van der Waals surface area contributed by atoms with E-state index in [0.29, 0.717) is 22.7 Å². The molecule has 1 aliphatic heterocycles. The maximum atomic E-state index is 12.8. The molecule has 2 rings (SSSR count). The van der Waals surface area contributed by atoms with E-state index in [2.05, 4.69) is 10.3 Å². The molecule has 2 heterocycles. The molecule has 0 saturated heterocycles. The number of aromatic nitrogens is 1. The summed E-state index contributed by atoms with van der Waals surface area (Å²) in [7, 11) is 0. The van der Waals surface area contributed by atoms with Crippen LogP contribution in [0.5, 0.6) is 0 Å². The second kappa shape index (κ2) is 8.99. The molecule has 27 heavy (non-hydrogen) atoms. The highest BCUT2D eigenvalue weighted by Gasteiger charge is 2.38. The van der Waals surface area contributed by atoms with E-state index >= 15 is 0 Å². The van der Waals surface area contributed by atoms with Crippen molar-refractivity contribution in [3.63, 3.8) is 0 Å². The van der Waals surface area contributed by atoms with Crippen LogP contribution in [0.3, 0.4) is 0 Å². The lowest BCUT2D eigenvalue weighted by molar-refractivity contribution is -0.143. The number of carbonyl (C=O) groups excluding carboxylic acids is 2. The summed E-state index contributed by atoms with van der Waals surface area (Å²) in [6, 6.07) is 7.23. The molecule has 142 valence electrons. The minimum atomic E-state index is -0.715. The van der Waals surface area contributed by atoms with E-state index in [1.54, 1.807) is 52.1 Å². The first-order valence-corrected chi connectivity index (χ1v) is 8.71. The van der Waals surface area contributed by atoms with Crippen molar-refractivity contribution in [1.82, 2.24) is 10.3 Å². The van der Waals surface area contributed by atoms with Gasteiger partial charge in [0.2, 0.25) is 0 Å². The fourth-order valence-electron chi connectivity index (χ4n) is 2.92. The van der Waals surface area contributed by atoms with Crippen molar-refractivity contribution in [2.45, 2.75) is 46.1 Å². The molecule has 1 aromatic rings. The van der Waals surface area contributed by atoms with Crippen LogP contribution in [0, 0.1) is 11.3 Å². The number of carbonyl (C=O) groups is 2. The van der Waals surface area contributed by atoms with E-state index in [0.717, 1.165) is 0 Å². The van der Waals surface area contributed by atoms with Gasteiger partial charge in [-0.1, -0.05) is 6.07 Å². The van der Waals surface area contributed by atoms with Gasteiger partial charge in [-0.2, -0.15) is 5.26 Å². The van der Waals surface area contributed by atoms with Crippen LogP contribution >= 0.6 is 0 Å². The Hall–Kier alpha value is -3.14. The zero-order valence-corrected chi connectivity index (χ0v) is 15.9. The zero-order valence-electron chi connectivity index (χ0n) is 15.9. The Bertz CT molecular complexity index is 819. The molecule has 7 nitrogen and oxygen atoms in total. The molecular formula is C20H23N3O4. The van der Waals surface area contributed by atoms with E-state index in [-0.39, 0.29) is 24.7 Å². The molecular weight excluding hydrogens is 346 g/mol. The number of hydrogen-bond donors (Lipinski definition) is 1. The second-order valence-electron chi connectivity index (χ2n) is 6.39. The third-order valence-electron chi connectivity index (χ3n) is 3.97. The van der Waals surface area contributed by atoms with E-state index in [1.807, 2.05) is 6.07 Å². The van der Waals surface area contributed by atoms with Crippen LogP contribution in [-0.2, 0) is 19.1 Å². The minimum absolute atomic E-state index is 0.0183. The number of ether oxygens (including phenoxy) is 2. The van der Waals surface area contributed by atoms with Gasteiger partial charge in [0, 0.05) is 17.6 Å². The van der Waals surface area contributed by atoms with Gasteiger partial charge in [0.25, 0.3) is 0 Å². The van der Waals surface area contributed by atoms with Crippen LogP contribution in [0.1, 0.15) is 45.7 Å². The van der Waals surface area contributed by atoms with Gasteiger partial charge in [-0.25, -0.2) is 9.59 Å². The van der Waals surface area contributed by atoms with Crippen molar-refractivity contribution >= 4 is 11.9 Å². The highest BCUT2D eigenvalue weighted by molar-refractivity contribution is 5.99. The fraction of sp³-hybridized carbons (Fsp3) is 0.400. The van der Waals surface area contributed by atoms with Gasteiger partial charge in [0.05, 0.1) is 41.4 Å². The Labute approximate surface area is 158 Å². The molecule has 0 amide bonds. The first-order valence-electron chi connectivity index (χ1n) is 8.71. The molecule has 0 fully saturated rings. The van der Waals surface area contributed by atoms with E-state index in [1.165, 1.54) is 0 Å². The largest absolute Gasteiger partial charge is 0.461 e. The number of nitrogens with one attached hydrogen (secondary N) is 1. The molecule has 0 bridgehead atoms. The van der Waals surface area contributed by atoms with Crippen molar-refractivity contribution in [2.75, 3.05) is 6.61 Å². The predicted octanol–water partition coefficient (Wildman–Crippen LogP) is 2.72. The third-order valence-corrected chi connectivity index (χ3v) is 3.97. The lowest BCUT2D eigenvalue weighted by Crippen LogP contribution is -2.33. The average Bonchev–Trinajstić information content (AvgIpc) is 2.61. The van der Waals surface area contributed by atoms with Crippen LogP contribution in [0.2, 0.25) is 0 Å². The Morgan fingerprint density at radius 3 is 2.44 bits per heavy atom. The highest BCUT2D eigenvalue weighted by Crippen LogP contribution is 2.38. The molecule has 0 aromatic carbocycles. The summed E-state index contributed by atoms with van der Waals surface area (Å²) in [6.07, 6.45) is 1.39. The van der Waals surface area contributed by atoms with Crippen molar-refractivity contribution in [2.24, 2.45) is 0 Å². The van der Waals surface area contributed by atoms with Crippen LogP contribution < -0.4 is 5.32 Å². The van der Waals surface area contributed by atoms with Crippen LogP contribution in [-0.4, -0.2) is 29.6 Å². The van der Waals surface area contributed by atoms with Gasteiger partial charge in [-0.05, 0) is 39.8 Å². The van der Waals surface area contributed by atoms with Crippen LogP contribution in [0.15, 0.2) is 46.9 Å². The van der Waals surface area contributed by atoms with E-state index in [4.69, 9.17) is 14.7 Å². The number of hydrogen-bond acceptors (Lipinski definition) is 7. The second-order valence-corrected chi connectivity index (χ2v) is 6.39. The smallest absolute Gasteiger partial charge is 0.337 e. The van der Waals surface area contributed by atoms with Gasteiger partial charge in [-0.15, -0.1) is 0 Å². The molecule has 0 radical (unpaired) electrons. The lowest BCUT2D eigenvalue weighted by Gasteiger charge is -2.30. The molecule has 1 aliphatic rings. The van der Waals surface area contributed by atoms with Gasteiger partial charge >= 0.3 is 11.9 Å². The number of pyridine rings is 1. The number of nitrogens with zero attached hydrogens (tertiary/aromatic N) is 2. The first kappa shape index (κ1) is 20.2. The lowest BCUT2D eigenvalue weighted by atomic mass is 9.82. The standard InChI is InChI=1S/C20H23N3O4/c1-12(2)27-20(25)17-14(4)23-13(3)16(19(24)26-11-7-9-21)18(17)15-8-5-6-10-22-15/h5-6,8,10,12,18,23H,7,11H2,1-4H3. The summed E-state index contributed by atoms with van der Waals surface area (Å²) >= 11 is 0. The summed E-state index contributed by atoms with van der Waals surface area (Å²) in [5.74, 6) is -1.82. The van der Waals surface area contributed by atoms with E-state index < -0.39 is 17.9 Å². The molecule has 0 spiro atoms. The third kappa shape index (κ3) is 4.73. The SMILES string of the molecule is CC1=C(C(=O)OCCC#N)C(c2ccccn2)C(C(=O)OC(C)C)=C(C)N1. The summed E-state index contributed by atoms with van der Waals surface area (Å²) < 4.78 is 10.6. The number of allylic oxidation sites excluding steroid dienone is 2. The van der Waals surface area contributed by atoms with Crippen molar-refractivity contribution in [3.05, 3.63) is 52.6 Å². The predicted molar refractivity (Wildman–Crippen MR) is 97.9 cm³/mol. The van der Waals surface area contributed by atoms with Gasteiger partial charge in [0.1, 0.15) is 6.61 Å². The van der Waals surface area contributed by atoms with Gasteiger partial charge in [-0.3, -0.25) is 4.98 Å². The molecule has 1 atom stereocenters. The number of nitriles is 1. The summed E-state index contributed by atoms with van der Waals surface area (Å²) in [5, 5.41) is 11.7. The summed E-state index contributed by atoms with van der Waals surface area (Å²) in [6.45, 7) is 7.00. The van der Waals surface area contributed by atoms with Crippen molar-refractivity contribution in [3.8, 4) is 6.07 Å². The molecule has 0 aliphatic carbocycles. The quantitative estimate of drug-likeness (QED) is 0.607. The summed E-state index contributed by atoms with van der Waals surface area (Å²) in [4.78, 5) is 29.9. The molecule has 1 aromatic heterocycles. The molecule has 0 saturated carbocycles. The Morgan fingerprint density at radius 2 is 1.89 bits per heavy atom. The average molecular weight is 369 g/mol. The van der Waals surface area contributed by atoms with Crippen LogP contribution in [0.4, 0.5) is 0 Å². The number of rotatable bonds is 6. The van der Waals surface area contributed by atoms with Crippen molar-refractivity contribution in [1.29, 1.82) is 5.26 Å². The molecule has 1 N–H and O–H groups in total. The number of dihydropyridines is 1. The first-order chi connectivity index (χ1) is 12.9. The van der Waals surface area contributed by atoms with Crippen LogP contribution in [0.25, 0.3) is 0 Å². The van der Waals surface area contributed by atoms with Crippen molar-refractivity contribution < 1.29 is 19.1 Å². The Balaban J connectivity index is 2.51. The summed E-state index contributed by atoms with van der Waals surface area (Å²) in [5.41, 5.74) is 2.32. The monoisotopic (exact) mass is 369 g/mol. The molecule has 7 heteroatoms. The zero-order chi connectivity index (χ0) is 20.0. The topological polar surface area (TPSA) is 101 Å². The van der Waals surface area contributed by atoms with Gasteiger partial charge in [0.15, 0.2) is 0 Å². The molecule has 1 unspecified atom stereocenters. The fourth-order valence-corrected chi connectivity index (χ4v) is 2.92. The Morgan fingerprint density at radius 1 is 1.22 bits per heavy atom. The maximum Gasteiger partial charge on any atom is 0.337 e.